The molecule has 0 bridgehead atoms. The zero-order valence-electron chi connectivity index (χ0n) is 14.0. The fraction of sp³-hybridized carbons (Fsp3) is 0.562. The molecule has 1 atom stereocenters. The van der Waals surface area contributed by atoms with Gasteiger partial charge in [0.25, 0.3) is 0 Å². The highest BCUT2D eigenvalue weighted by atomic mass is 16.2. The molecule has 0 saturated carbocycles. The van der Waals surface area contributed by atoms with Gasteiger partial charge in [0, 0.05) is 44.3 Å². The first kappa shape index (κ1) is 16.3. The lowest BCUT2D eigenvalue weighted by molar-refractivity contribution is -0.135. The summed E-state index contributed by atoms with van der Waals surface area (Å²) in [6.45, 7) is 9.40. The van der Waals surface area contributed by atoms with Gasteiger partial charge in [-0.2, -0.15) is 5.10 Å². The van der Waals surface area contributed by atoms with Gasteiger partial charge in [-0.1, -0.05) is 13.8 Å². The van der Waals surface area contributed by atoms with E-state index in [-0.39, 0.29) is 11.9 Å². The zero-order chi connectivity index (χ0) is 16.3. The molecule has 0 radical (unpaired) electrons. The van der Waals surface area contributed by atoms with Crippen LogP contribution >= 0.6 is 0 Å². The Morgan fingerprint density at radius 1 is 1.36 bits per heavy atom. The van der Waals surface area contributed by atoms with Crippen molar-refractivity contribution in [2.45, 2.75) is 40.3 Å². The fourth-order valence-electron chi connectivity index (χ4n) is 2.63. The molecule has 0 aliphatic carbocycles. The van der Waals surface area contributed by atoms with E-state index < -0.39 is 0 Å². The zero-order valence-corrected chi connectivity index (χ0v) is 14.0. The average Bonchev–Trinajstić information content (AvgIpc) is 3.04. The minimum Gasteiger partial charge on any atom is -0.336 e. The van der Waals surface area contributed by atoms with Gasteiger partial charge in [-0.05, 0) is 19.8 Å². The van der Waals surface area contributed by atoms with Crippen LogP contribution in [-0.4, -0.2) is 36.7 Å². The number of hydrogen-bond donors (Lipinski definition) is 0. The first-order valence-corrected chi connectivity index (χ1v) is 7.64. The van der Waals surface area contributed by atoms with E-state index in [1.807, 2.05) is 49.0 Å². The van der Waals surface area contributed by atoms with Crippen LogP contribution in [0.2, 0.25) is 0 Å². The summed E-state index contributed by atoms with van der Waals surface area (Å²) >= 11 is 0. The molecule has 2 heterocycles. The van der Waals surface area contributed by atoms with Crippen LogP contribution in [0.4, 0.5) is 0 Å². The maximum absolute atomic E-state index is 12.9. The second-order valence-corrected chi connectivity index (χ2v) is 6.19. The summed E-state index contributed by atoms with van der Waals surface area (Å²) in [5.74, 6) is 1.38. The number of carbonyl (C=O) groups is 1. The molecule has 0 unspecified atom stereocenters. The van der Waals surface area contributed by atoms with Crippen molar-refractivity contribution < 1.29 is 4.79 Å². The van der Waals surface area contributed by atoms with Crippen LogP contribution in [0, 0.1) is 12.8 Å². The van der Waals surface area contributed by atoms with Crippen LogP contribution in [0.1, 0.15) is 38.2 Å². The van der Waals surface area contributed by atoms with E-state index in [2.05, 4.69) is 23.9 Å². The Labute approximate surface area is 131 Å². The van der Waals surface area contributed by atoms with Gasteiger partial charge in [0.2, 0.25) is 5.91 Å². The van der Waals surface area contributed by atoms with Crippen molar-refractivity contribution in [2.75, 3.05) is 6.54 Å². The van der Waals surface area contributed by atoms with Crippen molar-refractivity contribution in [3.05, 3.63) is 36.2 Å². The van der Waals surface area contributed by atoms with Crippen molar-refractivity contribution in [3.8, 4) is 0 Å². The molecule has 6 heteroatoms. The second-order valence-electron chi connectivity index (χ2n) is 6.19. The highest BCUT2D eigenvalue weighted by Gasteiger charge is 2.23. The summed E-state index contributed by atoms with van der Waals surface area (Å²) in [7, 11) is 1.88. The lowest BCUT2D eigenvalue weighted by Gasteiger charge is -2.28. The maximum atomic E-state index is 12.9. The van der Waals surface area contributed by atoms with E-state index in [0.717, 1.165) is 17.9 Å². The lowest BCUT2D eigenvalue weighted by Crippen LogP contribution is -2.38. The number of carbonyl (C=O) groups excluding carboxylic acids is 1. The second kappa shape index (κ2) is 6.77. The van der Waals surface area contributed by atoms with Crippen molar-refractivity contribution in [2.24, 2.45) is 13.0 Å². The number of aromatic nitrogens is 4. The third-order valence-corrected chi connectivity index (χ3v) is 3.67. The van der Waals surface area contributed by atoms with Crippen molar-refractivity contribution in [3.63, 3.8) is 0 Å². The van der Waals surface area contributed by atoms with Gasteiger partial charge in [-0.25, -0.2) is 4.98 Å². The molecule has 2 rings (SSSR count). The third-order valence-electron chi connectivity index (χ3n) is 3.67. The van der Waals surface area contributed by atoms with Gasteiger partial charge in [0.05, 0.1) is 6.20 Å². The standard InChI is InChI=1S/C16H25N5O/c1-12(2)9-20(11-15-8-18-19(5)10-15)16(22)13(3)21-7-6-17-14(21)4/h6-8,10,12-13H,9,11H2,1-5H3/t13-/m1/s1. The molecule has 2 aromatic heterocycles. The minimum atomic E-state index is -0.252. The van der Waals surface area contributed by atoms with Gasteiger partial charge in [-0.15, -0.1) is 0 Å². The molecule has 6 nitrogen and oxygen atoms in total. The SMILES string of the molecule is Cc1nccn1[C@H](C)C(=O)N(Cc1cnn(C)c1)CC(C)C. The van der Waals surface area contributed by atoms with Crippen LogP contribution in [0.5, 0.6) is 0 Å². The molecule has 0 spiro atoms. The van der Waals surface area contributed by atoms with Crippen LogP contribution in [0.3, 0.4) is 0 Å². The normalized spacial score (nSPS) is 12.6. The first-order chi connectivity index (χ1) is 10.4. The molecular formula is C16H25N5O. The topological polar surface area (TPSA) is 56.0 Å². The average molecular weight is 303 g/mol. The van der Waals surface area contributed by atoms with E-state index in [1.165, 1.54) is 0 Å². The molecule has 2 aromatic rings. The first-order valence-electron chi connectivity index (χ1n) is 7.64. The Morgan fingerprint density at radius 3 is 2.59 bits per heavy atom. The molecular weight excluding hydrogens is 278 g/mol. The smallest absolute Gasteiger partial charge is 0.245 e. The monoisotopic (exact) mass is 303 g/mol. The van der Waals surface area contributed by atoms with Gasteiger partial charge in [0.1, 0.15) is 11.9 Å². The minimum absolute atomic E-state index is 0.110. The van der Waals surface area contributed by atoms with Gasteiger partial charge < -0.3 is 9.47 Å². The number of nitrogens with zero attached hydrogens (tertiary/aromatic N) is 5. The highest BCUT2D eigenvalue weighted by molar-refractivity contribution is 5.80. The van der Waals surface area contributed by atoms with Crippen LogP contribution in [-0.2, 0) is 18.4 Å². The van der Waals surface area contributed by atoms with E-state index in [9.17, 15) is 4.79 Å². The molecule has 0 fully saturated rings. The van der Waals surface area contributed by atoms with Crippen molar-refractivity contribution in [1.29, 1.82) is 0 Å². The Balaban J connectivity index is 2.17. The largest absolute Gasteiger partial charge is 0.336 e. The third kappa shape index (κ3) is 3.75. The summed E-state index contributed by atoms with van der Waals surface area (Å²) in [5.41, 5.74) is 1.05. The van der Waals surface area contributed by atoms with E-state index in [0.29, 0.717) is 12.5 Å². The van der Waals surface area contributed by atoms with E-state index in [1.54, 1.807) is 10.9 Å². The lowest BCUT2D eigenvalue weighted by atomic mass is 10.1. The summed E-state index contributed by atoms with van der Waals surface area (Å²) in [6, 6.07) is -0.252. The predicted octanol–water partition coefficient (Wildman–Crippen LogP) is 2.17. The molecule has 0 aliphatic heterocycles. The quantitative estimate of drug-likeness (QED) is 0.822. The molecule has 0 N–H and O–H groups in total. The number of amides is 1. The summed E-state index contributed by atoms with van der Waals surface area (Å²) in [5, 5.41) is 4.18. The summed E-state index contributed by atoms with van der Waals surface area (Å²) in [4.78, 5) is 19.0. The number of hydrogen-bond acceptors (Lipinski definition) is 3. The van der Waals surface area contributed by atoms with Crippen LogP contribution in [0.15, 0.2) is 24.8 Å². The molecule has 0 aromatic carbocycles. The molecule has 22 heavy (non-hydrogen) atoms. The number of rotatable bonds is 6. The Kier molecular flexibility index (Phi) is 5.00. The Bertz CT molecular complexity index is 628. The molecule has 0 saturated heterocycles. The molecule has 1 amide bonds. The van der Waals surface area contributed by atoms with Crippen LogP contribution in [0.25, 0.3) is 0 Å². The van der Waals surface area contributed by atoms with Crippen LogP contribution < -0.4 is 0 Å². The predicted molar refractivity (Wildman–Crippen MR) is 85.1 cm³/mol. The summed E-state index contributed by atoms with van der Waals surface area (Å²) in [6.07, 6.45) is 7.35. The van der Waals surface area contributed by atoms with Crippen molar-refractivity contribution >= 4 is 5.91 Å². The molecule has 0 aliphatic rings. The van der Waals surface area contributed by atoms with E-state index in [4.69, 9.17) is 0 Å². The van der Waals surface area contributed by atoms with E-state index >= 15 is 0 Å². The Morgan fingerprint density at radius 2 is 2.09 bits per heavy atom. The Hall–Kier alpha value is -2.11. The van der Waals surface area contributed by atoms with Gasteiger partial charge in [-0.3, -0.25) is 9.48 Å². The highest BCUT2D eigenvalue weighted by Crippen LogP contribution is 2.16. The maximum Gasteiger partial charge on any atom is 0.245 e. The number of imidazole rings is 1. The molecule has 120 valence electrons. The van der Waals surface area contributed by atoms with Gasteiger partial charge >= 0.3 is 0 Å². The number of aryl methyl sites for hydroxylation is 2. The van der Waals surface area contributed by atoms with Crippen molar-refractivity contribution in [1.82, 2.24) is 24.2 Å². The van der Waals surface area contributed by atoms with Gasteiger partial charge in [0.15, 0.2) is 0 Å². The summed E-state index contributed by atoms with van der Waals surface area (Å²) < 4.78 is 3.68. The fourth-order valence-corrected chi connectivity index (χ4v) is 2.63.